The predicted molar refractivity (Wildman–Crippen MR) is 49.9 cm³/mol. The van der Waals surface area contributed by atoms with Gasteiger partial charge in [0.15, 0.2) is 9.84 Å². The van der Waals surface area contributed by atoms with Crippen molar-refractivity contribution in [2.75, 3.05) is 11.5 Å². The monoisotopic (exact) mass is 240 g/mol. The van der Waals surface area contributed by atoms with Gasteiger partial charge in [-0.2, -0.15) is 0 Å². The van der Waals surface area contributed by atoms with Crippen LogP contribution in [0.25, 0.3) is 0 Å². The van der Waals surface area contributed by atoms with Crippen molar-refractivity contribution in [3.63, 3.8) is 0 Å². The van der Waals surface area contributed by atoms with Crippen LogP contribution in [-0.4, -0.2) is 54.2 Å². The molecule has 0 aliphatic rings. The molecule has 0 aromatic rings. The smallest absolute Gasteiger partial charge is 0.321 e. The first kappa shape index (κ1) is 13.8. The average molecular weight is 240 g/mol. The van der Waals surface area contributed by atoms with E-state index in [4.69, 9.17) is 21.7 Å². The lowest BCUT2D eigenvalue weighted by Crippen LogP contribution is -2.43. The molecule has 0 heterocycles. The topological polar surface area (TPSA) is 161 Å². The first-order valence-electron chi connectivity index (χ1n) is 3.83. The number of rotatable bonds is 6. The SMILES string of the molecule is N[C@H](CS(=O)(=O)C[C@H](N)C(=O)O)C(=O)O. The third-order valence-corrected chi connectivity index (χ3v) is 3.24. The Balaban J connectivity index is 4.45. The van der Waals surface area contributed by atoms with Crippen LogP contribution >= 0.6 is 0 Å². The van der Waals surface area contributed by atoms with Crippen LogP contribution in [0.3, 0.4) is 0 Å². The Morgan fingerprint density at radius 3 is 1.47 bits per heavy atom. The molecule has 0 radical (unpaired) electrons. The summed E-state index contributed by atoms with van der Waals surface area (Å²) < 4.78 is 22.3. The first-order chi connectivity index (χ1) is 6.65. The zero-order valence-electron chi connectivity index (χ0n) is 7.66. The van der Waals surface area contributed by atoms with E-state index in [-0.39, 0.29) is 0 Å². The van der Waals surface area contributed by atoms with Gasteiger partial charge in [0.25, 0.3) is 0 Å². The highest BCUT2D eigenvalue weighted by atomic mass is 32.2. The summed E-state index contributed by atoms with van der Waals surface area (Å²) in [5, 5.41) is 16.7. The van der Waals surface area contributed by atoms with Gasteiger partial charge in [-0.15, -0.1) is 0 Å². The maximum absolute atomic E-state index is 11.2. The zero-order chi connectivity index (χ0) is 12.2. The molecule has 88 valence electrons. The van der Waals surface area contributed by atoms with E-state index < -0.39 is 45.4 Å². The number of sulfone groups is 1. The average Bonchev–Trinajstić information content (AvgIpc) is 2.01. The lowest BCUT2D eigenvalue weighted by Gasteiger charge is -2.09. The molecule has 0 spiro atoms. The zero-order valence-corrected chi connectivity index (χ0v) is 8.48. The van der Waals surface area contributed by atoms with Gasteiger partial charge < -0.3 is 21.7 Å². The third-order valence-electron chi connectivity index (χ3n) is 1.50. The van der Waals surface area contributed by atoms with Crippen LogP contribution in [0, 0.1) is 0 Å². The number of hydrogen-bond acceptors (Lipinski definition) is 6. The fourth-order valence-corrected chi connectivity index (χ4v) is 2.27. The molecule has 0 amide bonds. The van der Waals surface area contributed by atoms with Crippen molar-refractivity contribution < 1.29 is 28.2 Å². The molecular weight excluding hydrogens is 228 g/mol. The summed E-state index contributed by atoms with van der Waals surface area (Å²) >= 11 is 0. The first-order valence-corrected chi connectivity index (χ1v) is 5.65. The molecule has 0 bridgehead atoms. The number of aliphatic carboxylic acids is 2. The maximum atomic E-state index is 11.2. The summed E-state index contributed by atoms with van der Waals surface area (Å²) in [4.78, 5) is 20.5. The number of hydrogen-bond donors (Lipinski definition) is 4. The molecule has 15 heavy (non-hydrogen) atoms. The van der Waals surface area contributed by atoms with E-state index in [2.05, 4.69) is 0 Å². The van der Waals surface area contributed by atoms with Gasteiger partial charge in [-0.05, 0) is 0 Å². The van der Waals surface area contributed by atoms with Gasteiger partial charge in [-0.1, -0.05) is 0 Å². The van der Waals surface area contributed by atoms with Crippen LogP contribution in [0.1, 0.15) is 0 Å². The van der Waals surface area contributed by atoms with Crippen LogP contribution in [0.4, 0.5) is 0 Å². The largest absolute Gasteiger partial charge is 0.480 e. The Morgan fingerprint density at radius 1 is 1.00 bits per heavy atom. The normalized spacial score (nSPS) is 15.6. The number of carboxylic acids is 2. The quantitative estimate of drug-likeness (QED) is 0.387. The number of carbonyl (C=O) groups is 2. The van der Waals surface area contributed by atoms with Crippen LogP contribution in [0.15, 0.2) is 0 Å². The van der Waals surface area contributed by atoms with Crippen molar-refractivity contribution in [2.45, 2.75) is 12.1 Å². The van der Waals surface area contributed by atoms with E-state index >= 15 is 0 Å². The standard InChI is InChI=1S/C6H12N2O6S/c7-3(5(9)10)1-15(13,14)2-4(8)6(11)12/h3-4H,1-2,7-8H2,(H,9,10)(H,11,12)/t3-,4+. The Bertz CT molecular complexity index is 323. The van der Waals surface area contributed by atoms with Crippen molar-refractivity contribution in [1.82, 2.24) is 0 Å². The summed E-state index contributed by atoms with van der Waals surface area (Å²) in [6.45, 7) is 0. The highest BCUT2D eigenvalue weighted by Crippen LogP contribution is 1.96. The molecule has 0 aromatic carbocycles. The van der Waals surface area contributed by atoms with Crippen molar-refractivity contribution >= 4 is 21.8 Å². The molecule has 0 aromatic heterocycles. The summed E-state index contributed by atoms with van der Waals surface area (Å²) in [6, 6.07) is -3.15. The molecule has 0 aliphatic heterocycles. The van der Waals surface area contributed by atoms with Gasteiger partial charge in [-0.25, -0.2) is 8.42 Å². The lowest BCUT2D eigenvalue weighted by molar-refractivity contribution is -0.138. The lowest BCUT2D eigenvalue weighted by atomic mass is 10.4. The van der Waals surface area contributed by atoms with Crippen molar-refractivity contribution in [2.24, 2.45) is 11.5 Å². The molecule has 0 saturated heterocycles. The fraction of sp³-hybridized carbons (Fsp3) is 0.667. The van der Waals surface area contributed by atoms with E-state index in [0.29, 0.717) is 0 Å². The van der Waals surface area contributed by atoms with Crippen molar-refractivity contribution in [1.29, 1.82) is 0 Å². The molecule has 9 heteroatoms. The van der Waals surface area contributed by atoms with Crippen molar-refractivity contribution in [3.05, 3.63) is 0 Å². The Kier molecular flexibility index (Phi) is 4.65. The predicted octanol–water partition coefficient (Wildman–Crippen LogP) is -2.77. The van der Waals surface area contributed by atoms with Gasteiger partial charge in [0.1, 0.15) is 12.1 Å². The second-order valence-electron chi connectivity index (χ2n) is 2.97. The summed E-state index contributed by atoms with van der Waals surface area (Å²) in [7, 11) is -3.88. The highest BCUT2D eigenvalue weighted by Gasteiger charge is 2.26. The molecule has 0 fully saturated rings. The Labute approximate surface area is 85.8 Å². The molecule has 0 unspecified atom stereocenters. The summed E-state index contributed by atoms with van der Waals surface area (Å²) in [6.07, 6.45) is 0. The Hall–Kier alpha value is -1.19. The van der Waals surface area contributed by atoms with Gasteiger partial charge in [0.2, 0.25) is 0 Å². The van der Waals surface area contributed by atoms with E-state index in [1.807, 2.05) is 0 Å². The van der Waals surface area contributed by atoms with E-state index in [1.54, 1.807) is 0 Å². The molecule has 2 atom stereocenters. The third kappa shape index (κ3) is 5.30. The van der Waals surface area contributed by atoms with E-state index in [0.717, 1.165) is 0 Å². The summed E-state index contributed by atoms with van der Waals surface area (Å²) in [5.41, 5.74) is 9.97. The van der Waals surface area contributed by atoms with E-state index in [1.165, 1.54) is 0 Å². The maximum Gasteiger partial charge on any atom is 0.321 e. The van der Waals surface area contributed by atoms with E-state index in [9.17, 15) is 18.0 Å². The van der Waals surface area contributed by atoms with Crippen LogP contribution in [0.2, 0.25) is 0 Å². The molecule has 0 saturated carbocycles. The Morgan fingerprint density at radius 2 is 1.27 bits per heavy atom. The fourth-order valence-electron chi connectivity index (χ4n) is 0.758. The molecule has 0 aliphatic carbocycles. The van der Waals surface area contributed by atoms with Gasteiger partial charge in [0, 0.05) is 0 Å². The van der Waals surface area contributed by atoms with Gasteiger partial charge in [0.05, 0.1) is 11.5 Å². The van der Waals surface area contributed by atoms with Crippen LogP contribution in [-0.2, 0) is 19.4 Å². The van der Waals surface area contributed by atoms with Crippen LogP contribution < -0.4 is 11.5 Å². The molecule has 8 nitrogen and oxygen atoms in total. The number of carboxylic acid groups (broad SMARTS) is 2. The minimum Gasteiger partial charge on any atom is -0.480 e. The van der Waals surface area contributed by atoms with Gasteiger partial charge >= 0.3 is 11.9 Å². The molecular formula is C6H12N2O6S. The second kappa shape index (κ2) is 5.05. The van der Waals surface area contributed by atoms with Crippen molar-refractivity contribution in [3.8, 4) is 0 Å². The summed E-state index contributed by atoms with van der Waals surface area (Å²) in [5.74, 6) is -4.60. The second-order valence-corrected chi connectivity index (χ2v) is 5.12. The van der Waals surface area contributed by atoms with Crippen LogP contribution in [0.5, 0.6) is 0 Å². The minimum absolute atomic E-state index is 0.830. The number of nitrogens with two attached hydrogens (primary N) is 2. The van der Waals surface area contributed by atoms with Gasteiger partial charge in [-0.3, -0.25) is 9.59 Å². The minimum atomic E-state index is -3.88. The molecule has 6 N–H and O–H groups in total. The molecule has 0 rings (SSSR count). The highest BCUT2D eigenvalue weighted by molar-refractivity contribution is 7.91.